The van der Waals surface area contributed by atoms with Crippen LogP contribution in [0.15, 0.2) is 23.1 Å². The molecule has 0 saturated heterocycles. The zero-order chi connectivity index (χ0) is 16.8. The Bertz CT molecular complexity index is 862. The Hall–Kier alpha value is -1.72. The Morgan fingerprint density at radius 1 is 1.38 bits per heavy atom. The van der Waals surface area contributed by atoms with Crippen molar-refractivity contribution < 1.29 is 4.74 Å². The molecule has 1 atom stereocenters. The first-order valence-corrected chi connectivity index (χ1v) is 8.79. The maximum Gasteiger partial charge on any atom is 0.294 e. The first-order valence-electron chi connectivity index (χ1n) is 8.04. The zero-order valence-corrected chi connectivity index (χ0v) is 14.7. The Kier molecular flexibility index (Phi) is 3.93. The summed E-state index contributed by atoms with van der Waals surface area (Å²) in [5.41, 5.74) is 1.51. The summed E-state index contributed by atoms with van der Waals surface area (Å²) in [6.45, 7) is 2.69. The van der Waals surface area contributed by atoms with Gasteiger partial charge in [0, 0.05) is 24.7 Å². The second-order valence-electron chi connectivity index (χ2n) is 6.37. The molecule has 0 bridgehead atoms. The van der Waals surface area contributed by atoms with Crippen molar-refractivity contribution in [3.63, 3.8) is 0 Å². The van der Waals surface area contributed by atoms with Crippen LogP contribution in [0.25, 0.3) is 0 Å². The number of aromatic nitrogens is 2. The summed E-state index contributed by atoms with van der Waals surface area (Å²) in [6.07, 6.45) is 4.73. The Balaban J connectivity index is 1.71. The molecule has 1 aromatic heterocycles. The van der Waals surface area contributed by atoms with E-state index in [0.717, 1.165) is 30.6 Å². The Morgan fingerprint density at radius 2 is 2.17 bits per heavy atom. The summed E-state index contributed by atoms with van der Waals surface area (Å²) in [5, 5.41) is 3.82. The summed E-state index contributed by atoms with van der Waals surface area (Å²) in [4.78, 5) is 16.9. The molecule has 1 aliphatic carbocycles. The van der Waals surface area contributed by atoms with E-state index in [1.807, 2.05) is 13.0 Å². The lowest BCUT2D eigenvalue weighted by atomic mass is 10.1. The minimum absolute atomic E-state index is 0.113. The second kappa shape index (κ2) is 5.97. The lowest BCUT2D eigenvalue weighted by Gasteiger charge is -2.16. The quantitative estimate of drug-likeness (QED) is 0.881. The molecular weight excluding hydrogens is 349 g/mol. The van der Waals surface area contributed by atoms with Crippen molar-refractivity contribution in [3.8, 4) is 5.75 Å². The maximum absolute atomic E-state index is 12.8. The SMILES string of the molecule is C[C@H](C1CC1)n1cc(Cl)nc(Nc2cc3c(cc2Cl)OCC3)c1=O. The number of ether oxygens (including phenoxy) is 1. The number of benzene rings is 1. The summed E-state index contributed by atoms with van der Waals surface area (Å²) in [5.74, 6) is 1.52. The molecule has 5 nitrogen and oxygen atoms in total. The van der Waals surface area contributed by atoms with Crippen LogP contribution in [0.2, 0.25) is 10.2 Å². The van der Waals surface area contributed by atoms with Crippen LogP contribution in [0.3, 0.4) is 0 Å². The van der Waals surface area contributed by atoms with Gasteiger partial charge in [0.1, 0.15) is 10.9 Å². The van der Waals surface area contributed by atoms with Crippen molar-refractivity contribution in [1.82, 2.24) is 9.55 Å². The number of nitrogens with one attached hydrogen (secondary N) is 1. The molecule has 0 radical (unpaired) electrons. The molecule has 126 valence electrons. The van der Waals surface area contributed by atoms with E-state index in [0.29, 0.717) is 23.2 Å². The first kappa shape index (κ1) is 15.8. The van der Waals surface area contributed by atoms with E-state index in [9.17, 15) is 4.79 Å². The van der Waals surface area contributed by atoms with Crippen LogP contribution < -0.4 is 15.6 Å². The van der Waals surface area contributed by atoms with E-state index in [4.69, 9.17) is 27.9 Å². The third kappa shape index (κ3) is 2.87. The van der Waals surface area contributed by atoms with E-state index in [2.05, 4.69) is 10.3 Å². The topological polar surface area (TPSA) is 56.1 Å². The summed E-state index contributed by atoms with van der Waals surface area (Å²) in [6, 6.07) is 3.78. The molecule has 1 aliphatic heterocycles. The van der Waals surface area contributed by atoms with Crippen LogP contribution in [-0.4, -0.2) is 16.2 Å². The molecule has 0 unspecified atom stereocenters. The molecule has 4 rings (SSSR count). The van der Waals surface area contributed by atoms with Gasteiger partial charge in [-0.1, -0.05) is 23.2 Å². The molecule has 1 N–H and O–H groups in total. The van der Waals surface area contributed by atoms with Gasteiger partial charge < -0.3 is 14.6 Å². The summed E-state index contributed by atoms with van der Waals surface area (Å²) >= 11 is 12.4. The van der Waals surface area contributed by atoms with Crippen molar-refractivity contribution in [2.75, 3.05) is 11.9 Å². The van der Waals surface area contributed by atoms with E-state index in [-0.39, 0.29) is 22.6 Å². The van der Waals surface area contributed by atoms with Gasteiger partial charge in [0.25, 0.3) is 5.56 Å². The number of anilines is 2. The molecule has 2 aromatic rings. The molecule has 2 heterocycles. The number of rotatable bonds is 4. The standard InChI is InChI=1S/C17H17Cl2N3O2/c1-9(10-2-3-10)22-8-15(19)21-16(17(22)23)20-13-6-11-4-5-24-14(11)7-12(13)18/h6-10H,2-5H2,1H3,(H,20,21)/t9-/m1/s1. The first-order chi connectivity index (χ1) is 11.5. The average Bonchev–Trinajstić information content (AvgIpc) is 3.30. The van der Waals surface area contributed by atoms with E-state index in [1.54, 1.807) is 16.8 Å². The van der Waals surface area contributed by atoms with Gasteiger partial charge in [-0.2, -0.15) is 0 Å². The zero-order valence-electron chi connectivity index (χ0n) is 13.2. The average molecular weight is 366 g/mol. The third-order valence-electron chi connectivity index (χ3n) is 4.68. The lowest BCUT2D eigenvalue weighted by Crippen LogP contribution is -2.27. The van der Waals surface area contributed by atoms with Crippen LogP contribution in [0, 0.1) is 5.92 Å². The maximum atomic E-state index is 12.8. The molecule has 24 heavy (non-hydrogen) atoms. The van der Waals surface area contributed by atoms with Crippen LogP contribution in [-0.2, 0) is 6.42 Å². The van der Waals surface area contributed by atoms with Gasteiger partial charge in [-0.25, -0.2) is 4.98 Å². The largest absolute Gasteiger partial charge is 0.493 e. The lowest BCUT2D eigenvalue weighted by molar-refractivity contribution is 0.357. The van der Waals surface area contributed by atoms with Crippen LogP contribution in [0.5, 0.6) is 5.75 Å². The highest BCUT2D eigenvalue weighted by Crippen LogP contribution is 2.39. The van der Waals surface area contributed by atoms with Crippen molar-refractivity contribution in [1.29, 1.82) is 0 Å². The predicted molar refractivity (Wildman–Crippen MR) is 94.9 cm³/mol. The predicted octanol–water partition coefficient (Wildman–Crippen LogP) is 4.20. The highest BCUT2D eigenvalue weighted by Gasteiger charge is 2.30. The number of halogens is 2. The van der Waals surface area contributed by atoms with Crippen LogP contribution in [0.4, 0.5) is 11.5 Å². The number of hydrogen-bond acceptors (Lipinski definition) is 4. The van der Waals surface area contributed by atoms with Crippen molar-refractivity contribution in [2.24, 2.45) is 5.92 Å². The second-order valence-corrected chi connectivity index (χ2v) is 7.16. The van der Waals surface area contributed by atoms with Crippen molar-refractivity contribution >= 4 is 34.7 Å². The van der Waals surface area contributed by atoms with E-state index in [1.165, 1.54) is 0 Å². The van der Waals surface area contributed by atoms with Gasteiger partial charge >= 0.3 is 0 Å². The molecule has 1 saturated carbocycles. The molecule has 7 heteroatoms. The van der Waals surface area contributed by atoms with Gasteiger partial charge in [0.15, 0.2) is 5.82 Å². The smallest absolute Gasteiger partial charge is 0.294 e. The minimum atomic E-state index is -0.188. The highest BCUT2D eigenvalue weighted by molar-refractivity contribution is 6.33. The Labute approximate surface area is 149 Å². The van der Waals surface area contributed by atoms with Gasteiger partial charge in [-0.3, -0.25) is 4.79 Å². The number of nitrogens with zero attached hydrogens (tertiary/aromatic N) is 2. The molecule has 2 aliphatic rings. The van der Waals surface area contributed by atoms with Crippen LogP contribution >= 0.6 is 23.2 Å². The fourth-order valence-electron chi connectivity index (χ4n) is 3.09. The third-order valence-corrected chi connectivity index (χ3v) is 5.17. The van der Waals surface area contributed by atoms with E-state index < -0.39 is 0 Å². The summed E-state index contributed by atoms with van der Waals surface area (Å²) in [7, 11) is 0. The van der Waals surface area contributed by atoms with Gasteiger partial charge in [-0.15, -0.1) is 0 Å². The van der Waals surface area contributed by atoms with Gasteiger partial charge in [0.2, 0.25) is 0 Å². The van der Waals surface area contributed by atoms with Crippen molar-refractivity contribution in [3.05, 3.63) is 44.4 Å². The molecule has 0 amide bonds. The molecule has 1 aromatic carbocycles. The molecule has 0 spiro atoms. The monoisotopic (exact) mass is 365 g/mol. The number of fused-ring (bicyclic) bond motifs is 1. The van der Waals surface area contributed by atoms with Gasteiger partial charge in [0.05, 0.1) is 17.3 Å². The van der Waals surface area contributed by atoms with Crippen LogP contribution in [0.1, 0.15) is 31.4 Å². The fourth-order valence-corrected chi connectivity index (χ4v) is 3.48. The summed E-state index contributed by atoms with van der Waals surface area (Å²) < 4.78 is 7.16. The fraction of sp³-hybridized carbons (Fsp3) is 0.412. The van der Waals surface area contributed by atoms with Gasteiger partial charge in [-0.05, 0) is 37.3 Å². The molecular formula is C17H17Cl2N3O2. The highest BCUT2D eigenvalue weighted by atomic mass is 35.5. The van der Waals surface area contributed by atoms with E-state index >= 15 is 0 Å². The molecule has 1 fully saturated rings. The Morgan fingerprint density at radius 3 is 2.92 bits per heavy atom. The van der Waals surface area contributed by atoms with Crippen molar-refractivity contribution in [2.45, 2.75) is 32.2 Å². The number of hydrogen-bond donors (Lipinski definition) is 1. The minimum Gasteiger partial charge on any atom is -0.493 e. The normalized spacial score (nSPS) is 17.3.